The average Bonchev–Trinajstić information content (AvgIpc) is 3.18. The molecule has 0 saturated carbocycles. The second kappa shape index (κ2) is 9.90. The number of fused-ring (bicyclic) bond motifs is 1. The lowest BCUT2D eigenvalue weighted by Gasteiger charge is -2.33. The Bertz CT molecular complexity index is 1280. The predicted molar refractivity (Wildman–Crippen MR) is 128 cm³/mol. The molecule has 3 N–H and O–H groups in total. The molecule has 3 aromatic rings. The van der Waals surface area contributed by atoms with Crippen LogP contribution in [0, 0.1) is 0 Å². The fourth-order valence-corrected chi connectivity index (χ4v) is 4.35. The third kappa shape index (κ3) is 4.93. The highest BCUT2D eigenvalue weighted by Crippen LogP contribution is 2.47. The number of aromatic nitrogens is 2. The van der Waals surface area contributed by atoms with E-state index in [0.717, 1.165) is 0 Å². The number of ether oxygens (including phenoxy) is 2. The van der Waals surface area contributed by atoms with Crippen molar-refractivity contribution in [2.75, 3.05) is 24.9 Å². The van der Waals surface area contributed by atoms with Crippen molar-refractivity contribution in [3.8, 4) is 11.5 Å². The lowest BCUT2D eigenvalue weighted by atomic mass is 9.96. The fourth-order valence-electron chi connectivity index (χ4n) is 4.09. The summed E-state index contributed by atoms with van der Waals surface area (Å²) < 4.78 is 53.4. The van der Waals surface area contributed by atoms with Crippen molar-refractivity contribution in [3.63, 3.8) is 0 Å². The Morgan fingerprint density at radius 2 is 1.94 bits per heavy atom. The minimum Gasteiger partial charge on any atom is -0.493 e. The first-order valence-corrected chi connectivity index (χ1v) is 11.3. The smallest absolute Gasteiger partial charge is 0.410 e. The molecule has 0 fully saturated rings. The van der Waals surface area contributed by atoms with Crippen molar-refractivity contribution >= 4 is 29.0 Å². The molecule has 1 aliphatic heterocycles. The highest BCUT2D eigenvalue weighted by Gasteiger charge is 2.48. The van der Waals surface area contributed by atoms with Gasteiger partial charge in [0.25, 0.3) is 5.91 Å². The fraction of sp³-hybridized carbons (Fsp3) is 0.333. The zero-order valence-corrected chi connectivity index (χ0v) is 20.3. The highest BCUT2D eigenvalue weighted by atomic mass is 35.5. The summed E-state index contributed by atoms with van der Waals surface area (Å²) in [4.78, 5) is 12.9. The number of halogens is 4. The first-order chi connectivity index (χ1) is 17.0. The van der Waals surface area contributed by atoms with Crippen molar-refractivity contribution in [3.05, 3.63) is 64.3 Å². The van der Waals surface area contributed by atoms with Crippen LogP contribution in [0.3, 0.4) is 0 Å². The topological polar surface area (TPSA) is 97.6 Å². The van der Waals surface area contributed by atoms with Crippen LogP contribution in [-0.4, -0.2) is 41.2 Å². The molecule has 8 nitrogen and oxygen atoms in total. The van der Waals surface area contributed by atoms with Gasteiger partial charge in [-0.25, -0.2) is 4.68 Å². The van der Waals surface area contributed by atoms with Crippen LogP contribution in [-0.2, 0) is 0 Å². The molecule has 0 unspecified atom stereocenters. The minimum atomic E-state index is -4.65. The number of aliphatic hydroxyl groups is 1. The maximum Gasteiger partial charge on any atom is 0.410 e. The number of nitrogens with one attached hydrogen (secondary N) is 2. The van der Waals surface area contributed by atoms with Gasteiger partial charge in [-0.15, -0.1) is 0 Å². The molecular formula is C24H24ClF3N4O4. The number of amides is 1. The van der Waals surface area contributed by atoms with Crippen LogP contribution in [0.4, 0.5) is 24.7 Å². The van der Waals surface area contributed by atoms with E-state index in [4.69, 9.17) is 21.1 Å². The molecule has 1 aliphatic rings. The number of hydrogen-bond donors (Lipinski definition) is 3. The van der Waals surface area contributed by atoms with Crippen LogP contribution in [0.5, 0.6) is 11.5 Å². The molecule has 0 bridgehead atoms. The normalized spacial score (nSPS) is 18.1. The Kier molecular flexibility index (Phi) is 7.05. The molecule has 0 radical (unpaired) electrons. The second-order valence-corrected chi connectivity index (χ2v) is 8.69. The van der Waals surface area contributed by atoms with Gasteiger partial charge in [-0.2, -0.15) is 18.3 Å². The van der Waals surface area contributed by atoms with Crippen molar-refractivity contribution in [1.82, 2.24) is 9.78 Å². The molecule has 0 spiro atoms. The minimum absolute atomic E-state index is 0.118. The first kappa shape index (κ1) is 25.6. The van der Waals surface area contributed by atoms with Crippen LogP contribution in [0.2, 0.25) is 5.02 Å². The summed E-state index contributed by atoms with van der Waals surface area (Å²) >= 11 is 6.40. The molecule has 0 saturated heterocycles. The Hall–Kier alpha value is -3.44. The van der Waals surface area contributed by atoms with Crippen molar-refractivity contribution in [2.45, 2.75) is 37.7 Å². The summed E-state index contributed by atoms with van der Waals surface area (Å²) in [7, 11) is 2.89. The standard InChI is InChI=1S/C24H24ClF3N4O4/c1-12(33)13-5-4-6-15(9-13)29-23(34)21-20(25)22-30-16(11-19(24(26,27)28)32(22)31-21)14-7-8-17(35-2)18(10-14)36-3/h4-10,12,16,19,30,33H,11H2,1-3H3,(H,29,34)/t12-,16+,19+/m0/s1. The molecule has 2 aromatic carbocycles. The largest absolute Gasteiger partial charge is 0.493 e. The van der Waals surface area contributed by atoms with Gasteiger partial charge < -0.3 is 25.2 Å². The first-order valence-electron chi connectivity index (χ1n) is 11.0. The number of anilines is 2. The lowest BCUT2D eigenvalue weighted by Crippen LogP contribution is -2.35. The van der Waals surface area contributed by atoms with E-state index >= 15 is 0 Å². The van der Waals surface area contributed by atoms with E-state index in [1.807, 2.05) is 0 Å². The number of nitrogens with zero attached hydrogens (tertiary/aromatic N) is 2. The molecule has 2 heterocycles. The molecule has 1 aromatic heterocycles. The molecule has 36 heavy (non-hydrogen) atoms. The van der Waals surface area contributed by atoms with Crippen LogP contribution >= 0.6 is 11.6 Å². The Labute approximate surface area is 210 Å². The summed E-state index contributed by atoms with van der Waals surface area (Å²) in [5.41, 5.74) is 1.05. The van der Waals surface area contributed by atoms with E-state index in [2.05, 4.69) is 15.7 Å². The van der Waals surface area contributed by atoms with E-state index in [-0.39, 0.29) is 23.0 Å². The van der Waals surface area contributed by atoms with E-state index in [0.29, 0.717) is 33.0 Å². The van der Waals surface area contributed by atoms with Gasteiger partial charge in [0, 0.05) is 12.1 Å². The zero-order chi connectivity index (χ0) is 26.2. The molecule has 192 valence electrons. The van der Waals surface area contributed by atoms with Gasteiger partial charge >= 0.3 is 6.18 Å². The number of alkyl halides is 3. The van der Waals surface area contributed by atoms with Gasteiger partial charge in [0.2, 0.25) is 0 Å². The third-order valence-electron chi connectivity index (χ3n) is 5.95. The number of aliphatic hydroxyl groups excluding tert-OH is 1. The summed E-state index contributed by atoms with van der Waals surface area (Å²) in [5.74, 6) is -0.0981. The van der Waals surface area contributed by atoms with Gasteiger partial charge in [-0.05, 0) is 42.3 Å². The Morgan fingerprint density at radius 3 is 2.58 bits per heavy atom. The van der Waals surface area contributed by atoms with Crippen molar-refractivity contribution in [1.29, 1.82) is 0 Å². The van der Waals surface area contributed by atoms with E-state index < -0.39 is 30.3 Å². The molecule has 4 rings (SSSR count). The number of methoxy groups -OCH3 is 2. The number of carbonyl (C=O) groups excluding carboxylic acids is 1. The lowest BCUT2D eigenvalue weighted by molar-refractivity contribution is -0.173. The molecule has 3 atom stereocenters. The Morgan fingerprint density at radius 1 is 1.22 bits per heavy atom. The van der Waals surface area contributed by atoms with Gasteiger partial charge in [-0.3, -0.25) is 4.79 Å². The third-order valence-corrected chi connectivity index (χ3v) is 6.31. The SMILES string of the molecule is COc1ccc([C@H]2C[C@H](C(F)(F)F)n3nc(C(=O)Nc4cccc([C@H](C)O)c4)c(Cl)c3N2)cc1OC. The van der Waals surface area contributed by atoms with Crippen LogP contribution in [0.25, 0.3) is 0 Å². The summed E-state index contributed by atoms with van der Waals surface area (Å²) in [6, 6.07) is 8.45. The number of rotatable bonds is 6. The van der Waals surface area contributed by atoms with Gasteiger partial charge in [0.15, 0.2) is 23.2 Å². The van der Waals surface area contributed by atoms with E-state index in [1.54, 1.807) is 49.4 Å². The second-order valence-electron chi connectivity index (χ2n) is 8.32. The average molecular weight is 525 g/mol. The van der Waals surface area contributed by atoms with Crippen LogP contribution < -0.4 is 20.1 Å². The monoisotopic (exact) mass is 524 g/mol. The number of benzene rings is 2. The maximum atomic E-state index is 14.1. The number of hydrogen-bond acceptors (Lipinski definition) is 6. The van der Waals surface area contributed by atoms with Gasteiger partial charge in [0.1, 0.15) is 10.8 Å². The van der Waals surface area contributed by atoms with Gasteiger partial charge in [0.05, 0.1) is 26.4 Å². The maximum absolute atomic E-state index is 14.1. The zero-order valence-electron chi connectivity index (χ0n) is 19.6. The molecule has 1 amide bonds. The highest BCUT2D eigenvalue weighted by molar-refractivity contribution is 6.36. The Balaban J connectivity index is 1.69. The van der Waals surface area contributed by atoms with Gasteiger partial charge in [-0.1, -0.05) is 29.8 Å². The molecule has 0 aliphatic carbocycles. The van der Waals surface area contributed by atoms with Crippen molar-refractivity contribution < 1.29 is 32.5 Å². The summed E-state index contributed by atoms with van der Waals surface area (Å²) in [6.45, 7) is 1.57. The quantitative estimate of drug-likeness (QED) is 0.393. The van der Waals surface area contributed by atoms with E-state index in [1.165, 1.54) is 14.2 Å². The van der Waals surface area contributed by atoms with Crippen LogP contribution in [0.1, 0.15) is 53.1 Å². The van der Waals surface area contributed by atoms with E-state index in [9.17, 15) is 23.1 Å². The molecular weight excluding hydrogens is 501 g/mol. The molecule has 12 heteroatoms. The van der Waals surface area contributed by atoms with Crippen LogP contribution in [0.15, 0.2) is 42.5 Å². The summed E-state index contributed by atoms with van der Waals surface area (Å²) in [5, 5.41) is 19.0. The predicted octanol–water partition coefficient (Wildman–Crippen LogP) is 5.52. The number of carbonyl (C=O) groups is 1. The van der Waals surface area contributed by atoms with Crippen molar-refractivity contribution in [2.24, 2.45) is 0 Å². The summed E-state index contributed by atoms with van der Waals surface area (Å²) in [6.07, 6.45) is -5.81.